The lowest BCUT2D eigenvalue weighted by Crippen LogP contribution is -2.39. The van der Waals surface area contributed by atoms with Crippen molar-refractivity contribution >= 4 is 11.7 Å². The third kappa shape index (κ3) is 3.43. The molecule has 18 heavy (non-hydrogen) atoms. The van der Waals surface area contributed by atoms with E-state index in [4.69, 9.17) is 0 Å². The summed E-state index contributed by atoms with van der Waals surface area (Å²) in [5.41, 5.74) is 1.34. The van der Waals surface area contributed by atoms with E-state index < -0.39 is 0 Å². The first-order chi connectivity index (χ1) is 8.65. The molecule has 5 heteroatoms. The lowest BCUT2D eigenvalue weighted by molar-refractivity contribution is 0.251. The van der Waals surface area contributed by atoms with Crippen LogP contribution in [0.15, 0.2) is 18.2 Å². The molecule has 2 rings (SSSR count). The molecule has 1 fully saturated rings. The summed E-state index contributed by atoms with van der Waals surface area (Å²) >= 11 is 0. The van der Waals surface area contributed by atoms with Gasteiger partial charge in [0, 0.05) is 18.3 Å². The van der Waals surface area contributed by atoms with Crippen molar-refractivity contribution in [3.8, 4) is 0 Å². The number of rotatable bonds is 3. The SMILES string of the molecule is Cc1ccc(F)cc1NC(=O)NCC1CCCN1. The molecule has 0 aromatic heterocycles. The van der Waals surface area contributed by atoms with Gasteiger partial charge in [0.15, 0.2) is 0 Å². The summed E-state index contributed by atoms with van der Waals surface area (Å²) < 4.78 is 13.0. The number of hydrogen-bond acceptors (Lipinski definition) is 2. The van der Waals surface area contributed by atoms with Crippen LogP contribution in [0.2, 0.25) is 0 Å². The lowest BCUT2D eigenvalue weighted by Gasteiger charge is -2.13. The molecule has 1 saturated heterocycles. The molecule has 0 bridgehead atoms. The number of urea groups is 1. The number of halogens is 1. The maximum absolute atomic E-state index is 13.0. The molecule has 1 unspecified atom stereocenters. The van der Waals surface area contributed by atoms with Crippen LogP contribution in [0.5, 0.6) is 0 Å². The Morgan fingerprint density at radius 1 is 1.56 bits per heavy atom. The fourth-order valence-electron chi connectivity index (χ4n) is 2.04. The predicted molar refractivity (Wildman–Crippen MR) is 69.2 cm³/mol. The molecule has 2 amide bonds. The second-order valence-electron chi connectivity index (χ2n) is 4.59. The highest BCUT2D eigenvalue weighted by molar-refractivity contribution is 5.90. The Labute approximate surface area is 106 Å². The van der Waals surface area contributed by atoms with Crippen molar-refractivity contribution in [2.24, 2.45) is 0 Å². The molecular formula is C13H18FN3O. The van der Waals surface area contributed by atoms with Crippen molar-refractivity contribution in [1.82, 2.24) is 10.6 Å². The highest BCUT2D eigenvalue weighted by Gasteiger charge is 2.14. The molecular weight excluding hydrogens is 233 g/mol. The fraction of sp³-hybridized carbons (Fsp3) is 0.462. The Balaban J connectivity index is 1.84. The van der Waals surface area contributed by atoms with Gasteiger partial charge in [-0.2, -0.15) is 0 Å². The summed E-state index contributed by atoms with van der Waals surface area (Å²) in [6.45, 7) is 3.44. The largest absolute Gasteiger partial charge is 0.336 e. The molecule has 1 aromatic carbocycles. The van der Waals surface area contributed by atoms with Gasteiger partial charge in [-0.3, -0.25) is 0 Å². The Hall–Kier alpha value is -1.62. The number of aryl methyl sites for hydroxylation is 1. The van der Waals surface area contributed by atoms with Crippen molar-refractivity contribution in [3.05, 3.63) is 29.6 Å². The van der Waals surface area contributed by atoms with Gasteiger partial charge in [-0.1, -0.05) is 6.07 Å². The highest BCUT2D eigenvalue weighted by Crippen LogP contribution is 2.15. The van der Waals surface area contributed by atoms with Crippen LogP contribution in [0.4, 0.5) is 14.9 Å². The Bertz CT molecular complexity index is 430. The number of benzene rings is 1. The number of anilines is 1. The molecule has 1 atom stereocenters. The van der Waals surface area contributed by atoms with Crippen LogP contribution in [0.25, 0.3) is 0 Å². The van der Waals surface area contributed by atoms with E-state index in [1.807, 2.05) is 6.92 Å². The monoisotopic (exact) mass is 251 g/mol. The zero-order chi connectivity index (χ0) is 13.0. The van der Waals surface area contributed by atoms with E-state index in [1.165, 1.54) is 12.1 Å². The summed E-state index contributed by atoms with van der Waals surface area (Å²) in [5, 5.41) is 8.74. The number of carbonyl (C=O) groups excluding carboxylic acids is 1. The van der Waals surface area contributed by atoms with E-state index >= 15 is 0 Å². The van der Waals surface area contributed by atoms with Crippen LogP contribution in [0, 0.1) is 12.7 Å². The van der Waals surface area contributed by atoms with Crippen LogP contribution in [-0.2, 0) is 0 Å². The lowest BCUT2D eigenvalue weighted by atomic mass is 10.2. The van der Waals surface area contributed by atoms with Crippen molar-refractivity contribution in [2.75, 3.05) is 18.4 Å². The number of carbonyl (C=O) groups is 1. The summed E-state index contributed by atoms with van der Waals surface area (Å²) in [4.78, 5) is 11.7. The molecule has 4 nitrogen and oxygen atoms in total. The molecule has 0 radical (unpaired) electrons. The summed E-state index contributed by atoms with van der Waals surface area (Å²) in [7, 11) is 0. The highest BCUT2D eigenvalue weighted by atomic mass is 19.1. The van der Waals surface area contributed by atoms with Gasteiger partial charge >= 0.3 is 6.03 Å². The van der Waals surface area contributed by atoms with Gasteiger partial charge in [-0.05, 0) is 44.0 Å². The minimum Gasteiger partial charge on any atom is -0.336 e. The van der Waals surface area contributed by atoms with Crippen molar-refractivity contribution in [2.45, 2.75) is 25.8 Å². The number of amides is 2. The van der Waals surface area contributed by atoms with E-state index in [2.05, 4.69) is 16.0 Å². The quantitative estimate of drug-likeness (QED) is 0.769. The van der Waals surface area contributed by atoms with Crippen LogP contribution in [-0.4, -0.2) is 25.2 Å². The molecule has 1 aromatic rings. The second kappa shape index (κ2) is 5.82. The van der Waals surface area contributed by atoms with Gasteiger partial charge in [-0.15, -0.1) is 0 Å². The van der Waals surface area contributed by atoms with E-state index in [0.29, 0.717) is 18.3 Å². The second-order valence-corrected chi connectivity index (χ2v) is 4.59. The predicted octanol–water partition coefficient (Wildman–Crippen LogP) is 2.01. The molecule has 1 aliphatic rings. The van der Waals surface area contributed by atoms with E-state index in [9.17, 15) is 9.18 Å². The number of nitrogens with one attached hydrogen (secondary N) is 3. The van der Waals surface area contributed by atoms with Gasteiger partial charge in [0.2, 0.25) is 0 Å². The standard InChI is InChI=1S/C13H18FN3O/c1-9-4-5-10(14)7-12(9)17-13(18)16-8-11-3-2-6-15-11/h4-5,7,11,15H,2-3,6,8H2,1H3,(H2,16,17,18). The first-order valence-corrected chi connectivity index (χ1v) is 6.19. The summed E-state index contributed by atoms with van der Waals surface area (Å²) in [6, 6.07) is 4.40. The summed E-state index contributed by atoms with van der Waals surface area (Å²) in [6.07, 6.45) is 2.23. The summed E-state index contributed by atoms with van der Waals surface area (Å²) in [5.74, 6) is -0.353. The average Bonchev–Trinajstić information content (AvgIpc) is 2.84. The van der Waals surface area contributed by atoms with Crippen molar-refractivity contribution in [3.63, 3.8) is 0 Å². The smallest absolute Gasteiger partial charge is 0.319 e. The maximum Gasteiger partial charge on any atom is 0.319 e. The van der Waals surface area contributed by atoms with E-state index in [1.54, 1.807) is 6.07 Å². The Morgan fingerprint density at radius 3 is 3.11 bits per heavy atom. The van der Waals surface area contributed by atoms with Crippen LogP contribution in [0.1, 0.15) is 18.4 Å². The normalized spacial score (nSPS) is 18.7. The van der Waals surface area contributed by atoms with Gasteiger partial charge < -0.3 is 16.0 Å². The number of hydrogen-bond donors (Lipinski definition) is 3. The third-order valence-corrected chi connectivity index (χ3v) is 3.12. The first-order valence-electron chi connectivity index (χ1n) is 6.19. The Kier molecular flexibility index (Phi) is 4.15. The zero-order valence-electron chi connectivity index (χ0n) is 10.4. The fourth-order valence-corrected chi connectivity index (χ4v) is 2.04. The maximum atomic E-state index is 13.0. The van der Waals surface area contributed by atoms with Crippen molar-refractivity contribution < 1.29 is 9.18 Å². The van der Waals surface area contributed by atoms with Crippen LogP contribution in [0.3, 0.4) is 0 Å². The first kappa shape index (κ1) is 12.8. The van der Waals surface area contributed by atoms with E-state index in [-0.39, 0.29) is 11.8 Å². The van der Waals surface area contributed by atoms with Gasteiger partial charge in [0.1, 0.15) is 5.82 Å². The minimum absolute atomic E-state index is 0.294. The van der Waals surface area contributed by atoms with Gasteiger partial charge in [0.25, 0.3) is 0 Å². The van der Waals surface area contributed by atoms with E-state index in [0.717, 1.165) is 24.9 Å². The third-order valence-electron chi connectivity index (χ3n) is 3.12. The molecule has 0 spiro atoms. The Morgan fingerprint density at radius 2 is 2.39 bits per heavy atom. The van der Waals surface area contributed by atoms with Gasteiger partial charge in [-0.25, -0.2) is 9.18 Å². The molecule has 0 aliphatic carbocycles. The van der Waals surface area contributed by atoms with Crippen molar-refractivity contribution in [1.29, 1.82) is 0 Å². The molecule has 98 valence electrons. The molecule has 1 heterocycles. The van der Waals surface area contributed by atoms with Crippen LogP contribution >= 0.6 is 0 Å². The zero-order valence-corrected chi connectivity index (χ0v) is 10.4. The average molecular weight is 251 g/mol. The molecule has 1 aliphatic heterocycles. The van der Waals surface area contributed by atoms with Gasteiger partial charge in [0.05, 0.1) is 0 Å². The molecule has 3 N–H and O–H groups in total. The van der Waals surface area contributed by atoms with Crippen LogP contribution < -0.4 is 16.0 Å². The topological polar surface area (TPSA) is 53.2 Å². The minimum atomic E-state index is -0.353. The molecule has 0 saturated carbocycles.